The molecular weight excluding hydrogens is 300 g/mol. The predicted octanol–water partition coefficient (Wildman–Crippen LogP) is 3.36. The molecular formula is C21H36O3. The SMILES string of the molecule is CC(O)[C@H]1[C@H](O)C[C@H]2[C@@H]3CCC4CC(O)CC[C@]4(C)[C@H]3CC[C@@]21C. The molecule has 3 unspecified atom stereocenters. The molecule has 10 atom stereocenters. The van der Waals surface area contributed by atoms with Crippen LogP contribution < -0.4 is 0 Å². The Morgan fingerprint density at radius 1 is 0.875 bits per heavy atom. The zero-order valence-corrected chi connectivity index (χ0v) is 15.6. The van der Waals surface area contributed by atoms with E-state index in [4.69, 9.17) is 0 Å². The van der Waals surface area contributed by atoms with Crippen molar-refractivity contribution in [1.29, 1.82) is 0 Å². The molecule has 3 heteroatoms. The smallest absolute Gasteiger partial charge is 0.0601 e. The lowest BCUT2D eigenvalue weighted by atomic mass is 9.44. The fraction of sp³-hybridized carbons (Fsp3) is 1.00. The van der Waals surface area contributed by atoms with Crippen LogP contribution in [0.1, 0.15) is 72.1 Å². The topological polar surface area (TPSA) is 60.7 Å². The Morgan fingerprint density at radius 3 is 2.29 bits per heavy atom. The van der Waals surface area contributed by atoms with Crippen molar-refractivity contribution in [3.05, 3.63) is 0 Å². The van der Waals surface area contributed by atoms with Gasteiger partial charge in [-0.05, 0) is 92.8 Å². The second-order valence-corrected chi connectivity index (χ2v) is 10.2. The second-order valence-electron chi connectivity index (χ2n) is 10.2. The highest BCUT2D eigenvalue weighted by atomic mass is 16.3. The van der Waals surface area contributed by atoms with E-state index in [1.165, 1.54) is 25.7 Å². The molecule has 0 saturated heterocycles. The number of rotatable bonds is 1. The Balaban J connectivity index is 1.63. The van der Waals surface area contributed by atoms with Gasteiger partial charge < -0.3 is 15.3 Å². The molecule has 0 aliphatic heterocycles. The average Bonchev–Trinajstić information content (AvgIpc) is 2.78. The van der Waals surface area contributed by atoms with E-state index in [0.717, 1.165) is 31.6 Å². The summed E-state index contributed by atoms with van der Waals surface area (Å²) in [5.74, 6) is 2.75. The maximum Gasteiger partial charge on any atom is 0.0601 e. The van der Waals surface area contributed by atoms with Gasteiger partial charge in [-0.1, -0.05) is 13.8 Å². The average molecular weight is 337 g/mol. The second kappa shape index (κ2) is 5.69. The van der Waals surface area contributed by atoms with Crippen molar-refractivity contribution in [2.45, 2.75) is 90.4 Å². The van der Waals surface area contributed by atoms with Crippen LogP contribution in [0.5, 0.6) is 0 Å². The molecule has 4 saturated carbocycles. The molecule has 0 bridgehead atoms. The quantitative estimate of drug-likeness (QED) is 0.688. The summed E-state index contributed by atoms with van der Waals surface area (Å²) < 4.78 is 0. The van der Waals surface area contributed by atoms with Crippen molar-refractivity contribution in [3.63, 3.8) is 0 Å². The number of fused-ring (bicyclic) bond motifs is 5. The molecule has 24 heavy (non-hydrogen) atoms. The predicted molar refractivity (Wildman–Crippen MR) is 94.3 cm³/mol. The van der Waals surface area contributed by atoms with Crippen LogP contribution in [0, 0.1) is 40.4 Å². The molecule has 0 heterocycles. The van der Waals surface area contributed by atoms with Gasteiger partial charge in [0.05, 0.1) is 18.3 Å². The Bertz CT molecular complexity index is 491. The number of aliphatic hydroxyl groups excluding tert-OH is 3. The summed E-state index contributed by atoms with van der Waals surface area (Å²) in [4.78, 5) is 0. The van der Waals surface area contributed by atoms with Crippen LogP contribution in [0.15, 0.2) is 0 Å². The molecule has 0 radical (unpaired) electrons. The van der Waals surface area contributed by atoms with Crippen LogP contribution in [-0.4, -0.2) is 33.6 Å². The highest BCUT2D eigenvalue weighted by molar-refractivity contribution is 5.11. The molecule has 3 N–H and O–H groups in total. The zero-order chi connectivity index (χ0) is 17.3. The van der Waals surface area contributed by atoms with Crippen molar-refractivity contribution in [2.75, 3.05) is 0 Å². The molecule has 0 aromatic heterocycles. The standard InChI is InChI=1S/C21H36O3/c1-12(22)19-18(24)11-17-15-5-4-13-10-14(23)6-8-20(13,2)16(15)7-9-21(17,19)3/h12-19,22-24H,4-11H2,1-3H3/t12?,13?,14?,15-,16+,17+,18-,19+,20+,21+/m1/s1. The van der Waals surface area contributed by atoms with E-state index in [-0.39, 0.29) is 23.5 Å². The van der Waals surface area contributed by atoms with E-state index in [1.807, 2.05) is 6.92 Å². The van der Waals surface area contributed by atoms with Gasteiger partial charge in [0.2, 0.25) is 0 Å². The Kier molecular flexibility index (Phi) is 4.10. The van der Waals surface area contributed by atoms with Gasteiger partial charge in [-0.25, -0.2) is 0 Å². The molecule has 4 rings (SSSR count). The fourth-order valence-electron chi connectivity index (χ4n) is 8.16. The minimum Gasteiger partial charge on any atom is -0.393 e. The van der Waals surface area contributed by atoms with Gasteiger partial charge in [0, 0.05) is 5.92 Å². The first-order chi connectivity index (χ1) is 11.3. The summed E-state index contributed by atoms with van der Waals surface area (Å²) in [6.45, 7) is 6.72. The third-order valence-electron chi connectivity index (χ3n) is 9.27. The molecule has 0 aromatic carbocycles. The number of hydrogen-bond donors (Lipinski definition) is 3. The lowest BCUT2D eigenvalue weighted by Crippen LogP contribution is -2.54. The molecule has 4 aliphatic carbocycles. The molecule has 3 nitrogen and oxygen atoms in total. The lowest BCUT2D eigenvalue weighted by Gasteiger charge is -2.61. The third-order valence-corrected chi connectivity index (χ3v) is 9.27. The minimum atomic E-state index is -0.414. The van der Waals surface area contributed by atoms with Gasteiger partial charge in [0.25, 0.3) is 0 Å². The van der Waals surface area contributed by atoms with Gasteiger partial charge in [-0.3, -0.25) is 0 Å². The van der Waals surface area contributed by atoms with Crippen molar-refractivity contribution in [3.8, 4) is 0 Å². The van der Waals surface area contributed by atoms with E-state index in [2.05, 4.69) is 13.8 Å². The number of hydrogen-bond acceptors (Lipinski definition) is 3. The summed E-state index contributed by atoms with van der Waals surface area (Å²) in [6.07, 6.45) is 8.10. The first kappa shape index (κ1) is 17.3. The van der Waals surface area contributed by atoms with Gasteiger partial charge in [0.1, 0.15) is 0 Å². The van der Waals surface area contributed by atoms with Crippen LogP contribution >= 0.6 is 0 Å². The maximum atomic E-state index is 10.7. The monoisotopic (exact) mass is 336 g/mol. The van der Waals surface area contributed by atoms with Crippen LogP contribution in [0.25, 0.3) is 0 Å². The van der Waals surface area contributed by atoms with E-state index < -0.39 is 6.10 Å². The van der Waals surface area contributed by atoms with Crippen molar-refractivity contribution >= 4 is 0 Å². The van der Waals surface area contributed by atoms with Gasteiger partial charge in [-0.2, -0.15) is 0 Å². The van der Waals surface area contributed by atoms with Gasteiger partial charge in [0.15, 0.2) is 0 Å². The normalized spacial score (nSPS) is 58.5. The van der Waals surface area contributed by atoms with Crippen molar-refractivity contribution in [2.24, 2.45) is 40.4 Å². The summed E-state index contributed by atoms with van der Waals surface area (Å²) in [7, 11) is 0. The van der Waals surface area contributed by atoms with E-state index in [9.17, 15) is 15.3 Å². The Morgan fingerprint density at radius 2 is 1.58 bits per heavy atom. The summed E-state index contributed by atoms with van der Waals surface area (Å²) in [6, 6.07) is 0. The first-order valence-electron chi connectivity index (χ1n) is 10.3. The van der Waals surface area contributed by atoms with Crippen LogP contribution in [0.3, 0.4) is 0 Å². The molecule has 138 valence electrons. The first-order valence-corrected chi connectivity index (χ1v) is 10.3. The molecule has 0 spiro atoms. The molecule has 4 aliphatic rings. The summed E-state index contributed by atoms with van der Waals surface area (Å²) in [5, 5.41) is 31.1. The summed E-state index contributed by atoms with van der Waals surface area (Å²) >= 11 is 0. The highest BCUT2D eigenvalue weighted by Gasteiger charge is 2.62. The third kappa shape index (κ3) is 2.27. The maximum absolute atomic E-state index is 10.7. The molecule has 0 amide bonds. The highest BCUT2D eigenvalue weighted by Crippen LogP contribution is 2.67. The van der Waals surface area contributed by atoms with Crippen LogP contribution in [0.4, 0.5) is 0 Å². The lowest BCUT2D eigenvalue weighted by molar-refractivity contribution is -0.133. The number of aliphatic hydroxyl groups is 3. The van der Waals surface area contributed by atoms with Gasteiger partial charge in [-0.15, -0.1) is 0 Å². The Labute approximate surface area is 146 Å². The van der Waals surface area contributed by atoms with Crippen LogP contribution in [0.2, 0.25) is 0 Å². The minimum absolute atomic E-state index is 0.0437. The van der Waals surface area contributed by atoms with Crippen molar-refractivity contribution in [1.82, 2.24) is 0 Å². The zero-order valence-electron chi connectivity index (χ0n) is 15.6. The van der Waals surface area contributed by atoms with Crippen molar-refractivity contribution < 1.29 is 15.3 Å². The van der Waals surface area contributed by atoms with E-state index in [1.54, 1.807) is 0 Å². The molecule has 4 fully saturated rings. The largest absolute Gasteiger partial charge is 0.393 e. The molecule has 0 aromatic rings. The Hall–Kier alpha value is -0.120. The summed E-state index contributed by atoms with van der Waals surface area (Å²) in [5.41, 5.74) is 0.490. The fourth-order valence-corrected chi connectivity index (χ4v) is 8.16. The van der Waals surface area contributed by atoms with Crippen LogP contribution in [-0.2, 0) is 0 Å². The van der Waals surface area contributed by atoms with Gasteiger partial charge >= 0.3 is 0 Å². The van der Waals surface area contributed by atoms with E-state index in [0.29, 0.717) is 23.2 Å². The van der Waals surface area contributed by atoms with E-state index >= 15 is 0 Å².